The van der Waals surface area contributed by atoms with Gasteiger partial charge in [-0.05, 0) is 52.3 Å². The van der Waals surface area contributed by atoms with Gasteiger partial charge in [0.2, 0.25) is 0 Å². The molecule has 0 aliphatic rings. The Hall–Kier alpha value is -2.05. The molecule has 0 fully saturated rings. The quantitative estimate of drug-likeness (QED) is 0.615. The molecule has 2 aromatic carbocycles. The average molecular weight is 398 g/mol. The molecule has 23 heavy (non-hydrogen) atoms. The molecule has 0 unspecified atom stereocenters. The minimum absolute atomic E-state index is 0.325. The number of hydrogen-bond donors (Lipinski definition) is 1. The number of hydrazone groups is 1. The molecule has 7 heteroatoms. The van der Waals surface area contributed by atoms with Crippen molar-refractivity contribution in [3.8, 4) is 11.5 Å². The molecule has 0 aromatic heterocycles. The van der Waals surface area contributed by atoms with E-state index in [0.29, 0.717) is 22.1 Å². The van der Waals surface area contributed by atoms with Crippen molar-refractivity contribution in [2.45, 2.75) is 0 Å². The number of nitrogens with zero attached hydrogens (tertiary/aromatic N) is 1. The highest BCUT2D eigenvalue weighted by Crippen LogP contribution is 2.32. The van der Waals surface area contributed by atoms with E-state index in [4.69, 9.17) is 21.1 Å². The molecule has 0 saturated heterocycles. The normalized spacial score (nSPS) is 10.6. The van der Waals surface area contributed by atoms with E-state index < -0.39 is 0 Å². The Morgan fingerprint density at radius 3 is 2.39 bits per heavy atom. The van der Waals surface area contributed by atoms with Crippen LogP contribution in [0.2, 0.25) is 5.02 Å². The minimum atomic E-state index is -0.325. The third-order valence-corrected chi connectivity index (χ3v) is 3.92. The van der Waals surface area contributed by atoms with Gasteiger partial charge in [0, 0.05) is 20.6 Å². The highest BCUT2D eigenvalue weighted by atomic mass is 79.9. The minimum Gasteiger partial charge on any atom is -0.493 e. The molecule has 2 rings (SSSR count). The molecular formula is C16H14BrClN2O3. The Bertz CT molecular complexity index is 733. The number of methoxy groups -OCH3 is 2. The van der Waals surface area contributed by atoms with Crippen LogP contribution >= 0.6 is 27.5 Å². The fourth-order valence-electron chi connectivity index (χ4n) is 1.80. The first-order valence-electron chi connectivity index (χ1n) is 6.55. The van der Waals surface area contributed by atoms with Crippen molar-refractivity contribution in [3.05, 3.63) is 57.0 Å². The number of amides is 1. The van der Waals surface area contributed by atoms with E-state index in [1.165, 1.54) is 6.21 Å². The summed E-state index contributed by atoms with van der Waals surface area (Å²) in [5.41, 5.74) is 3.66. The van der Waals surface area contributed by atoms with Crippen molar-refractivity contribution in [1.82, 2.24) is 5.43 Å². The molecule has 1 amide bonds. The number of benzene rings is 2. The molecule has 0 bridgehead atoms. The smallest absolute Gasteiger partial charge is 0.271 e. The van der Waals surface area contributed by atoms with E-state index in [9.17, 15) is 4.79 Å². The average Bonchev–Trinajstić information content (AvgIpc) is 2.56. The number of rotatable bonds is 5. The highest BCUT2D eigenvalue weighted by Gasteiger charge is 2.08. The van der Waals surface area contributed by atoms with Gasteiger partial charge >= 0.3 is 0 Å². The van der Waals surface area contributed by atoms with Gasteiger partial charge in [0.15, 0.2) is 11.5 Å². The number of hydrogen-bond acceptors (Lipinski definition) is 4. The molecule has 120 valence electrons. The third kappa shape index (κ3) is 4.46. The van der Waals surface area contributed by atoms with Gasteiger partial charge in [0.05, 0.1) is 20.4 Å². The van der Waals surface area contributed by atoms with Gasteiger partial charge in [-0.3, -0.25) is 4.79 Å². The number of ether oxygens (including phenoxy) is 2. The SMILES string of the molecule is COc1cc(Br)c(C=NNC(=O)c2ccc(Cl)cc2)cc1OC. The Morgan fingerprint density at radius 2 is 1.78 bits per heavy atom. The van der Waals surface area contributed by atoms with Crippen molar-refractivity contribution >= 4 is 39.7 Å². The number of carbonyl (C=O) groups is 1. The van der Waals surface area contributed by atoms with Crippen LogP contribution in [0, 0.1) is 0 Å². The monoisotopic (exact) mass is 396 g/mol. The van der Waals surface area contributed by atoms with Crippen LogP contribution in [0.5, 0.6) is 11.5 Å². The summed E-state index contributed by atoms with van der Waals surface area (Å²) in [7, 11) is 3.11. The van der Waals surface area contributed by atoms with Crippen molar-refractivity contribution in [2.75, 3.05) is 14.2 Å². The number of nitrogens with one attached hydrogen (secondary N) is 1. The zero-order valence-corrected chi connectivity index (χ0v) is 14.8. The fourth-order valence-corrected chi connectivity index (χ4v) is 2.35. The molecule has 0 atom stereocenters. The van der Waals surface area contributed by atoms with Gasteiger partial charge < -0.3 is 9.47 Å². The van der Waals surface area contributed by atoms with E-state index in [1.807, 2.05) is 0 Å². The van der Waals surface area contributed by atoms with Gasteiger partial charge in [-0.25, -0.2) is 5.43 Å². The van der Waals surface area contributed by atoms with Gasteiger partial charge in [0.1, 0.15) is 0 Å². The first-order valence-corrected chi connectivity index (χ1v) is 7.72. The van der Waals surface area contributed by atoms with E-state index in [1.54, 1.807) is 50.6 Å². The Morgan fingerprint density at radius 1 is 1.17 bits per heavy atom. The van der Waals surface area contributed by atoms with E-state index in [2.05, 4.69) is 26.5 Å². The lowest BCUT2D eigenvalue weighted by atomic mass is 10.2. The van der Waals surface area contributed by atoms with Crippen LogP contribution < -0.4 is 14.9 Å². The second kappa shape index (κ2) is 7.99. The Balaban J connectivity index is 2.11. The van der Waals surface area contributed by atoms with Crippen molar-refractivity contribution in [2.24, 2.45) is 5.10 Å². The zero-order chi connectivity index (χ0) is 16.8. The topological polar surface area (TPSA) is 59.9 Å². The molecule has 0 saturated carbocycles. The van der Waals surface area contributed by atoms with E-state index in [-0.39, 0.29) is 5.91 Å². The van der Waals surface area contributed by atoms with Crippen LogP contribution in [0.25, 0.3) is 0 Å². The van der Waals surface area contributed by atoms with E-state index >= 15 is 0 Å². The fraction of sp³-hybridized carbons (Fsp3) is 0.125. The summed E-state index contributed by atoms with van der Waals surface area (Å²) in [6, 6.07) is 10.1. The van der Waals surface area contributed by atoms with Crippen LogP contribution in [0.4, 0.5) is 0 Å². The summed E-state index contributed by atoms with van der Waals surface area (Å²) in [6.07, 6.45) is 1.51. The van der Waals surface area contributed by atoms with Crippen LogP contribution in [0.1, 0.15) is 15.9 Å². The zero-order valence-electron chi connectivity index (χ0n) is 12.5. The molecule has 5 nitrogen and oxygen atoms in total. The van der Waals surface area contributed by atoms with Crippen LogP contribution in [0.15, 0.2) is 46.0 Å². The van der Waals surface area contributed by atoms with Gasteiger partial charge in [-0.15, -0.1) is 0 Å². The summed E-state index contributed by atoms with van der Waals surface area (Å²) in [6.45, 7) is 0. The second-order valence-electron chi connectivity index (χ2n) is 4.43. The summed E-state index contributed by atoms with van der Waals surface area (Å²) in [5, 5.41) is 4.52. The lowest BCUT2D eigenvalue weighted by molar-refractivity contribution is 0.0955. The van der Waals surface area contributed by atoms with Crippen LogP contribution in [-0.4, -0.2) is 26.3 Å². The molecular weight excluding hydrogens is 384 g/mol. The predicted octanol–water partition coefficient (Wildman–Crippen LogP) is 3.88. The molecule has 0 heterocycles. The highest BCUT2D eigenvalue weighted by molar-refractivity contribution is 9.10. The Labute approximate surface area is 147 Å². The number of carbonyl (C=O) groups excluding carboxylic acids is 1. The number of halogens is 2. The molecule has 0 aliphatic heterocycles. The van der Waals surface area contributed by atoms with Crippen molar-refractivity contribution in [3.63, 3.8) is 0 Å². The molecule has 2 aromatic rings. The summed E-state index contributed by atoms with van der Waals surface area (Å²) in [5.74, 6) is 0.845. The maximum atomic E-state index is 11.9. The lowest BCUT2D eigenvalue weighted by Crippen LogP contribution is -2.17. The first-order chi connectivity index (χ1) is 11.0. The van der Waals surface area contributed by atoms with Gasteiger partial charge in [-0.2, -0.15) is 5.10 Å². The summed E-state index contributed by atoms with van der Waals surface area (Å²) in [4.78, 5) is 11.9. The molecule has 1 N–H and O–H groups in total. The Kier molecular flexibility index (Phi) is 6.01. The molecule has 0 radical (unpaired) electrons. The third-order valence-electron chi connectivity index (χ3n) is 2.98. The van der Waals surface area contributed by atoms with Crippen molar-refractivity contribution in [1.29, 1.82) is 0 Å². The van der Waals surface area contributed by atoms with Crippen LogP contribution in [0.3, 0.4) is 0 Å². The molecule has 0 aliphatic carbocycles. The van der Waals surface area contributed by atoms with Gasteiger partial charge in [0.25, 0.3) is 5.91 Å². The largest absolute Gasteiger partial charge is 0.493 e. The van der Waals surface area contributed by atoms with Crippen LogP contribution in [-0.2, 0) is 0 Å². The summed E-state index contributed by atoms with van der Waals surface area (Å²) >= 11 is 9.20. The molecule has 0 spiro atoms. The summed E-state index contributed by atoms with van der Waals surface area (Å²) < 4.78 is 11.2. The second-order valence-corrected chi connectivity index (χ2v) is 5.73. The standard InChI is InChI=1S/C16H14BrClN2O3/c1-22-14-7-11(13(17)8-15(14)23-2)9-19-20-16(21)10-3-5-12(18)6-4-10/h3-9H,1-2H3,(H,20,21). The van der Waals surface area contributed by atoms with E-state index in [0.717, 1.165) is 10.0 Å². The maximum absolute atomic E-state index is 11.9. The predicted molar refractivity (Wildman–Crippen MR) is 93.8 cm³/mol. The first kappa shape index (κ1) is 17.3. The van der Waals surface area contributed by atoms with Gasteiger partial charge in [-0.1, -0.05) is 11.6 Å². The lowest BCUT2D eigenvalue weighted by Gasteiger charge is -2.09. The van der Waals surface area contributed by atoms with Crippen molar-refractivity contribution < 1.29 is 14.3 Å². The maximum Gasteiger partial charge on any atom is 0.271 e.